The summed E-state index contributed by atoms with van der Waals surface area (Å²) in [6, 6.07) is 3.01. The molecule has 2 heterocycles. The Hall–Kier alpha value is -3.52. The Bertz CT molecular complexity index is 1230. The molecule has 2 amide bonds. The summed E-state index contributed by atoms with van der Waals surface area (Å²) in [6.07, 6.45) is 0.965. The molecule has 1 aliphatic rings. The van der Waals surface area contributed by atoms with Gasteiger partial charge in [-0.3, -0.25) is 0 Å². The molecule has 1 aromatic carbocycles. The van der Waals surface area contributed by atoms with Crippen molar-refractivity contribution >= 4 is 33.8 Å². The number of nitrogens with one attached hydrogen (secondary N) is 3. The molecule has 0 aliphatic carbocycles. The Morgan fingerprint density at radius 3 is 2.43 bits per heavy atom. The van der Waals surface area contributed by atoms with Crippen LogP contribution >= 0.6 is 0 Å². The number of ether oxygens (including phenoxy) is 3. The molecule has 2 aromatic rings. The molecule has 0 bridgehead atoms. The summed E-state index contributed by atoms with van der Waals surface area (Å²) in [7, 11) is -4.35. The van der Waals surface area contributed by atoms with E-state index in [1.54, 1.807) is 25.5 Å². The predicted octanol–water partition coefficient (Wildman–Crippen LogP) is 3.54. The molecule has 3 rings (SSSR count). The van der Waals surface area contributed by atoms with Gasteiger partial charge in [0, 0.05) is 30.4 Å². The Morgan fingerprint density at radius 1 is 1.16 bits per heavy atom. The first-order chi connectivity index (χ1) is 17.2. The number of alkyl carbamates (subject to hydrolysis) is 1. The first-order valence-electron chi connectivity index (χ1n) is 11.4. The van der Waals surface area contributed by atoms with Crippen LogP contribution in [0.1, 0.15) is 52.7 Å². The minimum absolute atomic E-state index is 0.0431. The van der Waals surface area contributed by atoms with E-state index in [0.29, 0.717) is 12.0 Å². The Balaban J connectivity index is 1.60. The Kier molecular flexibility index (Phi) is 8.53. The second-order valence-corrected chi connectivity index (χ2v) is 11.3. The molecule has 0 unspecified atom stereocenters. The third-order valence-electron chi connectivity index (χ3n) is 4.80. The van der Waals surface area contributed by atoms with Crippen LogP contribution < -0.4 is 15.4 Å². The topological polar surface area (TPSA) is 158 Å². The lowest BCUT2D eigenvalue weighted by Gasteiger charge is -2.19. The first kappa shape index (κ1) is 28.1. The van der Waals surface area contributed by atoms with E-state index in [1.165, 1.54) is 18.5 Å². The molecular formula is C23H30FN5O7S. The smallest absolute Gasteiger partial charge is 0.421 e. The zero-order valence-corrected chi connectivity index (χ0v) is 21.9. The van der Waals surface area contributed by atoms with Crippen molar-refractivity contribution < 1.29 is 36.6 Å². The Labute approximate surface area is 214 Å². The van der Waals surface area contributed by atoms with E-state index in [1.807, 2.05) is 13.8 Å². The standard InChI is InChI=1S/C23H30FN5O7S/c1-13(2)27-21(30)35-15-8-19(34-12-15)14-10-25-20(26-11-14)28-18-7-6-16(9-17(18)24)37(32,33)29-22(31)36-23(3,4)5/h6-7,9-11,13,15,19H,8,12H2,1-5H3,(H,27,30)(H,29,31)(H,25,26,28)/t15-,19-/m1/s1. The van der Waals surface area contributed by atoms with E-state index in [4.69, 9.17) is 14.2 Å². The highest BCUT2D eigenvalue weighted by atomic mass is 32.2. The van der Waals surface area contributed by atoms with Crippen molar-refractivity contribution in [1.29, 1.82) is 0 Å². The lowest BCUT2D eigenvalue weighted by Crippen LogP contribution is -2.36. The van der Waals surface area contributed by atoms with Crippen LogP contribution in [0.25, 0.3) is 0 Å². The predicted molar refractivity (Wildman–Crippen MR) is 130 cm³/mol. The maximum absolute atomic E-state index is 14.6. The van der Waals surface area contributed by atoms with Crippen LogP contribution in [-0.2, 0) is 24.2 Å². The third kappa shape index (κ3) is 8.25. The van der Waals surface area contributed by atoms with Gasteiger partial charge in [0.05, 0.1) is 23.3 Å². The largest absolute Gasteiger partial charge is 0.444 e. The van der Waals surface area contributed by atoms with Crippen LogP contribution in [-0.4, -0.2) is 54.9 Å². The fourth-order valence-corrected chi connectivity index (χ4v) is 4.14. The van der Waals surface area contributed by atoms with Crippen LogP contribution in [0.5, 0.6) is 0 Å². The van der Waals surface area contributed by atoms with E-state index in [0.717, 1.165) is 12.1 Å². The average Bonchev–Trinajstić information content (AvgIpc) is 3.21. The number of halogens is 1. The van der Waals surface area contributed by atoms with E-state index in [9.17, 15) is 22.4 Å². The highest BCUT2D eigenvalue weighted by Crippen LogP contribution is 2.30. The highest BCUT2D eigenvalue weighted by molar-refractivity contribution is 7.90. The van der Waals surface area contributed by atoms with Gasteiger partial charge in [-0.25, -0.2) is 37.1 Å². The van der Waals surface area contributed by atoms with Gasteiger partial charge in [0.15, 0.2) is 0 Å². The molecule has 1 aromatic heterocycles. The zero-order chi connectivity index (χ0) is 27.4. The zero-order valence-electron chi connectivity index (χ0n) is 21.1. The summed E-state index contributed by atoms with van der Waals surface area (Å²) in [6.45, 7) is 8.62. The highest BCUT2D eigenvalue weighted by Gasteiger charge is 2.30. The molecule has 0 saturated carbocycles. The van der Waals surface area contributed by atoms with Gasteiger partial charge < -0.3 is 24.8 Å². The lowest BCUT2D eigenvalue weighted by atomic mass is 10.1. The van der Waals surface area contributed by atoms with Crippen LogP contribution in [0.15, 0.2) is 35.5 Å². The molecule has 1 fully saturated rings. The molecule has 37 heavy (non-hydrogen) atoms. The fourth-order valence-electron chi connectivity index (χ4n) is 3.26. The number of anilines is 2. The molecule has 3 N–H and O–H groups in total. The fraction of sp³-hybridized carbons (Fsp3) is 0.478. The number of amides is 2. The summed E-state index contributed by atoms with van der Waals surface area (Å²) >= 11 is 0. The van der Waals surface area contributed by atoms with Gasteiger partial charge in [0.25, 0.3) is 10.0 Å². The van der Waals surface area contributed by atoms with Gasteiger partial charge in [-0.2, -0.15) is 0 Å². The number of benzene rings is 1. The molecule has 1 saturated heterocycles. The normalized spacial score (nSPS) is 17.8. The number of aromatic nitrogens is 2. The number of carbonyl (C=O) groups excluding carboxylic acids is 2. The van der Waals surface area contributed by atoms with Crippen LogP contribution in [0.3, 0.4) is 0 Å². The van der Waals surface area contributed by atoms with Gasteiger partial charge in [-0.05, 0) is 52.8 Å². The monoisotopic (exact) mass is 539 g/mol. The number of sulfonamides is 1. The van der Waals surface area contributed by atoms with Crippen molar-refractivity contribution in [1.82, 2.24) is 20.0 Å². The average molecular weight is 540 g/mol. The minimum atomic E-state index is -4.35. The van der Waals surface area contributed by atoms with Gasteiger partial charge in [0.1, 0.15) is 17.5 Å². The van der Waals surface area contributed by atoms with Crippen molar-refractivity contribution in [2.24, 2.45) is 0 Å². The van der Waals surface area contributed by atoms with Crippen LogP contribution in [0.4, 0.5) is 25.6 Å². The Morgan fingerprint density at radius 2 is 1.84 bits per heavy atom. The van der Waals surface area contributed by atoms with Crippen molar-refractivity contribution in [2.75, 3.05) is 11.9 Å². The molecule has 0 spiro atoms. The summed E-state index contributed by atoms with van der Waals surface area (Å²) < 4.78 is 57.0. The van der Waals surface area contributed by atoms with E-state index >= 15 is 0 Å². The van der Waals surface area contributed by atoms with E-state index in [-0.39, 0.29) is 30.4 Å². The second kappa shape index (κ2) is 11.3. The van der Waals surface area contributed by atoms with E-state index < -0.39 is 44.6 Å². The third-order valence-corrected chi connectivity index (χ3v) is 6.11. The first-order valence-corrected chi connectivity index (χ1v) is 12.9. The summed E-state index contributed by atoms with van der Waals surface area (Å²) in [4.78, 5) is 31.4. The summed E-state index contributed by atoms with van der Waals surface area (Å²) in [5.74, 6) is -0.842. The molecule has 202 valence electrons. The number of hydrogen-bond donors (Lipinski definition) is 3. The molecule has 14 heteroatoms. The number of hydrogen-bond acceptors (Lipinski definition) is 10. The van der Waals surface area contributed by atoms with Crippen LogP contribution in [0.2, 0.25) is 0 Å². The van der Waals surface area contributed by atoms with Crippen molar-refractivity contribution in [3.63, 3.8) is 0 Å². The van der Waals surface area contributed by atoms with Crippen molar-refractivity contribution in [3.05, 3.63) is 42.0 Å². The molecule has 2 atom stereocenters. The lowest BCUT2D eigenvalue weighted by molar-refractivity contribution is 0.0570. The second-order valence-electron chi connectivity index (χ2n) is 9.60. The summed E-state index contributed by atoms with van der Waals surface area (Å²) in [5, 5.41) is 5.32. The number of carbonyl (C=O) groups is 2. The van der Waals surface area contributed by atoms with Crippen molar-refractivity contribution in [2.45, 2.75) is 69.8 Å². The van der Waals surface area contributed by atoms with Gasteiger partial charge >= 0.3 is 12.2 Å². The maximum Gasteiger partial charge on any atom is 0.421 e. The van der Waals surface area contributed by atoms with E-state index in [2.05, 4.69) is 20.6 Å². The van der Waals surface area contributed by atoms with Crippen molar-refractivity contribution in [3.8, 4) is 0 Å². The minimum Gasteiger partial charge on any atom is -0.444 e. The molecular weight excluding hydrogens is 509 g/mol. The van der Waals surface area contributed by atoms with Gasteiger partial charge in [-0.1, -0.05) is 0 Å². The van der Waals surface area contributed by atoms with Gasteiger partial charge in [0.2, 0.25) is 5.95 Å². The maximum atomic E-state index is 14.6. The quantitative estimate of drug-likeness (QED) is 0.475. The molecule has 1 aliphatic heterocycles. The number of rotatable bonds is 7. The SMILES string of the molecule is CC(C)NC(=O)O[C@H]1CO[C@@H](c2cnc(Nc3ccc(S(=O)(=O)NC(=O)OC(C)(C)C)cc3F)nc2)C1. The van der Waals surface area contributed by atoms with Crippen LogP contribution in [0, 0.1) is 5.82 Å². The summed E-state index contributed by atoms with van der Waals surface area (Å²) in [5.41, 5.74) is -0.334. The van der Waals surface area contributed by atoms with Gasteiger partial charge in [-0.15, -0.1) is 0 Å². The number of nitrogens with zero attached hydrogens (tertiary/aromatic N) is 2. The molecule has 12 nitrogen and oxygen atoms in total. The molecule has 0 radical (unpaired) electrons.